The molecule has 0 aromatic carbocycles. The molecular weight excluding hydrogens is 180 g/mol. The molecule has 0 radical (unpaired) electrons. The van der Waals surface area contributed by atoms with Gasteiger partial charge >= 0.3 is 6.61 Å². The molecule has 0 saturated heterocycles. The zero-order valence-corrected chi connectivity index (χ0v) is 6.44. The first-order valence-corrected chi connectivity index (χ1v) is 3.35. The fourth-order valence-corrected chi connectivity index (χ4v) is 0.701. The van der Waals surface area contributed by atoms with Gasteiger partial charge in [-0.05, 0) is 0 Å². The highest BCUT2D eigenvalue weighted by Crippen LogP contribution is 2.08. The van der Waals surface area contributed by atoms with Gasteiger partial charge in [0, 0.05) is 6.20 Å². The molecule has 0 N–H and O–H groups in total. The lowest BCUT2D eigenvalue weighted by Gasteiger charge is -2.02. The van der Waals surface area contributed by atoms with Gasteiger partial charge in [-0.25, -0.2) is 4.98 Å². The standard InChI is InChI=1S/C7H5F2N3O/c8-7(9)13-6-4-11-3-5(12-6)1-2-10/h3-4,7H,1H2. The third kappa shape index (κ3) is 2.99. The Kier molecular flexibility index (Phi) is 3.09. The summed E-state index contributed by atoms with van der Waals surface area (Å²) in [7, 11) is 0. The van der Waals surface area contributed by atoms with Gasteiger partial charge in [0.25, 0.3) is 0 Å². The number of ether oxygens (including phenoxy) is 1. The summed E-state index contributed by atoms with van der Waals surface area (Å²) in [4.78, 5) is 7.20. The van der Waals surface area contributed by atoms with Crippen molar-refractivity contribution in [2.45, 2.75) is 13.0 Å². The maximum Gasteiger partial charge on any atom is 0.388 e. The smallest absolute Gasteiger partial charge is 0.388 e. The maximum atomic E-state index is 11.7. The van der Waals surface area contributed by atoms with Crippen LogP contribution in [0.4, 0.5) is 8.78 Å². The van der Waals surface area contributed by atoms with Crippen LogP contribution < -0.4 is 4.74 Å². The van der Waals surface area contributed by atoms with Crippen molar-refractivity contribution in [3.05, 3.63) is 18.1 Å². The van der Waals surface area contributed by atoms with Crippen molar-refractivity contribution in [1.29, 1.82) is 5.26 Å². The Hall–Kier alpha value is -1.77. The van der Waals surface area contributed by atoms with E-state index >= 15 is 0 Å². The molecule has 0 amide bonds. The Balaban J connectivity index is 2.74. The third-order valence-corrected chi connectivity index (χ3v) is 1.13. The summed E-state index contributed by atoms with van der Waals surface area (Å²) >= 11 is 0. The van der Waals surface area contributed by atoms with Gasteiger partial charge in [-0.2, -0.15) is 14.0 Å². The van der Waals surface area contributed by atoms with Gasteiger partial charge in [-0.3, -0.25) is 4.98 Å². The summed E-state index contributed by atoms with van der Waals surface area (Å²) in [6, 6.07) is 1.82. The van der Waals surface area contributed by atoms with Crippen molar-refractivity contribution in [3.8, 4) is 11.9 Å². The van der Waals surface area contributed by atoms with Crippen molar-refractivity contribution in [3.63, 3.8) is 0 Å². The van der Waals surface area contributed by atoms with Crippen molar-refractivity contribution in [2.75, 3.05) is 0 Å². The number of halogens is 2. The quantitative estimate of drug-likeness (QED) is 0.708. The second kappa shape index (κ2) is 4.30. The van der Waals surface area contributed by atoms with E-state index in [1.165, 1.54) is 6.20 Å². The van der Waals surface area contributed by atoms with E-state index in [0.717, 1.165) is 6.20 Å². The molecule has 1 aromatic heterocycles. The van der Waals surface area contributed by atoms with Crippen LogP contribution in [-0.2, 0) is 6.42 Å². The van der Waals surface area contributed by atoms with E-state index < -0.39 is 6.61 Å². The Morgan fingerprint density at radius 2 is 2.31 bits per heavy atom. The van der Waals surface area contributed by atoms with Gasteiger partial charge < -0.3 is 4.74 Å². The van der Waals surface area contributed by atoms with Gasteiger partial charge in [-0.1, -0.05) is 0 Å². The molecule has 0 unspecified atom stereocenters. The molecule has 0 fully saturated rings. The van der Waals surface area contributed by atoms with Crippen LogP contribution in [0.3, 0.4) is 0 Å². The maximum absolute atomic E-state index is 11.7. The Bertz CT molecular complexity index is 324. The van der Waals surface area contributed by atoms with Gasteiger partial charge in [0.05, 0.1) is 24.4 Å². The molecule has 0 atom stereocenters. The van der Waals surface area contributed by atoms with Crippen LogP contribution >= 0.6 is 0 Å². The van der Waals surface area contributed by atoms with Crippen LogP contribution in [0.5, 0.6) is 5.88 Å². The average Bonchev–Trinajstić information content (AvgIpc) is 2.04. The number of alkyl halides is 2. The summed E-state index contributed by atoms with van der Waals surface area (Å²) in [5.41, 5.74) is 0.306. The number of nitriles is 1. The first kappa shape index (κ1) is 9.32. The van der Waals surface area contributed by atoms with Crippen LogP contribution in [0.2, 0.25) is 0 Å². The largest absolute Gasteiger partial charge is 0.415 e. The number of hydrogen-bond donors (Lipinski definition) is 0. The molecule has 0 saturated carbocycles. The highest BCUT2D eigenvalue weighted by atomic mass is 19.3. The lowest BCUT2D eigenvalue weighted by Crippen LogP contribution is -2.05. The predicted molar refractivity (Wildman–Crippen MR) is 38.0 cm³/mol. The first-order valence-electron chi connectivity index (χ1n) is 3.35. The summed E-state index contributed by atoms with van der Waals surface area (Å²) in [6.07, 6.45) is 2.40. The Labute approximate surface area is 72.8 Å². The van der Waals surface area contributed by atoms with E-state index in [1.807, 2.05) is 6.07 Å². The SMILES string of the molecule is N#CCc1cncc(OC(F)F)n1. The number of hydrogen-bond acceptors (Lipinski definition) is 4. The van der Waals surface area contributed by atoms with Crippen LogP contribution in [0.25, 0.3) is 0 Å². The third-order valence-electron chi connectivity index (χ3n) is 1.13. The monoisotopic (exact) mass is 185 g/mol. The molecule has 1 rings (SSSR count). The van der Waals surface area contributed by atoms with Gasteiger partial charge in [-0.15, -0.1) is 0 Å². The lowest BCUT2D eigenvalue weighted by molar-refractivity contribution is -0.0531. The molecule has 1 aromatic rings. The Morgan fingerprint density at radius 3 is 2.92 bits per heavy atom. The highest BCUT2D eigenvalue weighted by Gasteiger charge is 2.06. The van der Waals surface area contributed by atoms with Gasteiger partial charge in [0.1, 0.15) is 0 Å². The average molecular weight is 185 g/mol. The van der Waals surface area contributed by atoms with E-state index in [0.29, 0.717) is 5.69 Å². The fraction of sp³-hybridized carbons (Fsp3) is 0.286. The first-order chi connectivity index (χ1) is 6.22. The van der Waals surface area contributed by atoms with Crippen molar-refractivity contribution in [1.82, 2.24) is 9.97 Å². The van der Waals surface area contributed by atoms with Crippen LogP contribution in [-0.4, -0.2) is 16.6 Å². The molecule has 1 heterocycles. The number of rotatable bonds is 3. The van der Waals surface area contributed by atoms with Crippen LogP contribution in [0, 0.1) is 11.3 Å². The Morgan fingerprint density at radius 1 is 1.54 bits per heavy atom. The molecule has 68 valence electrons. The minimum atomic E-state index is -2.92. The molecule has 6 heteroatoms. The molecule has 0 bridgehead atoms. The highest BCUT2D eigenvalue weighted by molar-refractivity contribution is 5.11. The molecule has 0 aliphatic carbocycles. The van der Waals surface area contributed by atoms with Crippen molar-refractivity contribution in [2.24, 2.45) is 0 Å². The fourth-order valence-electron chi connectivity index (χ4n) is 0.701. The summed E-state index contributed by atoms with van der Waals surface area (Å²) in [5, 5.41) is 8.29. The van der Waals surface area contributed by atoms with E-state index in [1.54, 1.807) is 0 Å². The van der Waals surface area contributed by atoms with E-state index in [-0.39, 0.29) is 12.3 Å². The normalized spacial score (nSPS) is 9.69. The van der Waals surface area contributed by atoms with Gasteiger partial charge in [0.2, 0.25) is 5.88 Å². The van der Waals surface area contributed by atoms with Crippen LogP contribution in [0.15, 0.2) is 12.4 Å². The van der Waals surface area contributed by atoms with E-state index in [2.05, 4.69) is 14.7 Å². The van der Waals surface area contributed by atoms with E-state index in [9.17, 15) is 8.78 Å². The summed E-state index contributed by atoms with van der Waals surface area (Å²) < 4.78 is 27.4. The second-order valence-corrected chi connectivity index (χ2v) is 2.06. The predicted octanol–water partition coefficient (Wildman–Crippen LogP) is 1.14. The van der Waals surface area contributed by atoms with Gasteiger partial charge in [0.15, 0.2) is 0 Å². The molecule has 0 aliphatic heterocycles. The zero-order valence-electron chi connectivity index (χ0n) is 6.44. The second-order valence-electron chi connectivity index (χ2n) is 2.06. The van der Waals surface area contributed by atoms with Crippen molar-refractivity contribution >= 4 is 0 Å². The van der Waals surface area contributed by atoms with E-state index in [4.69, 9.17) is 5.26 Å². The minimum absolute atomic E-state index is 0.0213. The topological polar surface area (TPSA) is 58.8 Å². The molecular formula is C7H5F2N3O. The minimum Gasteiger partial charge on any atom is -0.415 e. The van der Waals surface area contributed by atoms with Crippen molar-refractivity contribution < 1.29 is 13.5 Å². The summed E-state index contributed by atoms with van der Waals surface area (Å²) in [5.74, 6) is -0.275. The molecule has 13 heavy (non-hydrogen) atoms. The zero-order chi connectivity index (χ0) is 9.68. The molecule has 4 nitrogen and oxygen atoms in total. The molecule has 0 spiro atoms. The van der Waals surface area contributed by atoms with Crippen LogP contribution in [0.1, 0.15) is 5.69 Å². The number of aromatic nitrogens is 2. The summed E-state index contributed by atoms with van der Waals surface area (Å²) in [6.45, 7) is -2.92. The molecule has 0 aliphatic rings. The lowest BCUT2D eigenvalue weighted by atomic mass is 10.3. The number of nitrogens with zero attached hydrogens (tertiary/aromatic N) is 3.